The van der Waals surface area contributed by atoms with Crippen LogP contribution in [0.15, 0.2) is 84.9 Å². The van der Waals surface area contributed by atoms with Crippen LogP contribution in [0.2, 0.25) is 0 Å². The van der Waals surface area contributed by atoms with Gasteiger partial charge in [0.1, 0.15) is 22.9 Å². The van der Waals surface area contributed by atoms with Crippen molar-refractivity contribution in [1.29, 1.82) is 0 Å². The maximum atomic E-state index is 13.7. The van der Waals surface area contributed by atoms with Gasteiger partial charge < -0.3 is 83.2 Å². The van der Waals surface area contributed by atoms with Gasteiger partial charge in [0.05, 0.1) is 141 Å². The number of hydrogen-bond donors (Lipinski definition) is 5. The molecule has 88 heavy (non-hydrogen) atoms. The van der Waals surface area contributed by atoms with Crippen molar-refractivity contribution in [3.05, 3.63) is 128 Å². The summed E-state index contributed by atoms with van der Waals surface area (Å²) in [4.78, 5) is 54.8. The summed E-state index contributed by atoms with van der Waals surface area (Å²) in [5.41, 5.74) is 5.44. The van der Waals surface area contributed by atoms with E-state index in [2.05, 4.69) is 57.9 Å². The molecule has 4 heterocycles. The first-order valence-corrected chi connectivity index (χ1v) is 30.5. The Morgan fingerprint density at radius 2 is 1.24 bits per heavy atom. The Morgan fingerprint density at radius 1 is 0.670 bits per heavy atom. The van der Waals surface area contributed by atoms with Crippen molar-refractivity contribution in [3.63, 3.8) is 0 Å². The summed E-state index contributed by atoms with van der Waals surface area (Å²) in [5.74, 6) is 1.53. The number of ether oxygens (including phenoxy) is 10. The first kappa shape index (κ1) is 67.1. The van der Waals surface area contributed by atoms with Gasteiger partial charge in [0.15, 0.2) is 0 Å². The van der Waals surface area contributed by atoms with Crippen LogP contribution in [0.4, 0.5) is 22.7 Å². The van der Waals surface area contributed by atoms with E-state index in [0.29, 0.717) is 167 Å². The van der Waals surface area contributed by atoms with E-state index in [-0.39, 0.29) is 53.4 Å². The fourth-order valence-corrected chi connectivity index (χ4v) is 11.2. The van der Waals surface area contributed by atoms with Gasteiger partial charge in [0, 0.05) is 79.4 Å². The smallest absolute Gasteiger partial charge is 0.299 e. The summed E-state index contributed by atoms with van der Waals surface area (Å²) in [6, 6.07) is 24.6. The second-order valence-corrected chi connectivity index (χ2v) is 22.1. The molecular formula is C63H86N8O17. The quantitative estimate of drug-likeness (QED) is 0.0150. The molecule has 1 unspecified atom stereocenters. The van der Waals surface area contributed by atoms with Crippen LogP contribution in [0, 0.1) is 39.0 Å². The van der Waals surface area contributed by atoms with Gasteiger partial charge in [-0.15, -0.1) is 0 Å². The maximum absolute atomic E-state index is 13.7. The third-order valence-electron chi connectivity index (χ3n) is 16.1. The Labute approximate surface area is 513 Å². The van der Waals surface area contributed by atoms with Gasteiger partial charge in [-0.2, -0.15) is 0 Å². The second-order valence-electron chi connectivity index (χ2n) is 22.1. The number of nitrogens with one attached hydrogen (secondary N) is 4. The number of nitro groups is 2. The highest BCUT2D eigenvalue weighted by atomic mass is 16.6. The van der Waals surface area contributed by atoms with E-state index < -0.39 is 16.0 Å². The fourth-order valence-electron chi connectivity index (χ4n) is 11.2. The Morgan fingerprint density at radius 3 is 1.81 bits per heavy atom. The number of aryl methyl sites for hydroxylation is 1. The van der Waals surface area contributed by atoms with Gasteiger partial charge >= 0.3 is 0 Å². The summed E-state index contributed by atoms with van der Waals surface area (Å²) >= 11 is 0. The number of aromatic nitrogens is 1. The van der Waals surface area contributed by atoms with Crippen molar-refractivity contribution < 1.29 is 71.9 Å². The number of aromatic amines is 1. The molecule has 8 rings (SSSR count). The number of rotatable bonds is 40. The lowest BCUT2D eigenvalue weighted by Crippen LogP contribution is -2.52. The van der Waals surface area contributed by atoms with Crippen LogP contribution in [-0.2, 0) is 48.0 Å². The number of non-ortho nitro benzene ring substituents is 1. The molecule has 25 heteroatoms. The number of aliphatic hydroxyl groups excluding tert-OH is 1. The molecule has 3 aliphatic rings. The van der Waals surface area contributed by atoms with Gasteiger partial charge in [0.25, 0.3) is 23.2 Å². The first-order valence-electron chi connectivity index (χ1n) is 30.5. The predicted octanol–water partition coefficient (Wildman–Crippen LogP) is 6.99. The van der Waals surface area contributed by atoms with E-state index in [1.165, 1.54) is 28.9 Å². The molecule has 5 aromatic rings. The van der Waals surface area contributed by atoms with Gasteiger partial charge in [0.2, 0.25) is 0 Å². The molecule has 2 fully saturated rings. The molecule has 0 bridgehead atoms. The van der Waals surface area contributed by atoms with Crippen LogP contribution in [0.1, 0.15) is 58.2 Å². The number of benzene rings is 4. The number of piperidine rings is 2. The molecule has 3 atom stereocenters. The lowest BCUT2D eigenvalue weighted by molar-refractivity contribution is -0.393. The third kappa shape index (κ3) is 20.3. The van der Waals surface area contributed by atoms with Crippen LogP contribution in [0.5, 0.6) is 11.5 Å². The standard InChI is InChI=1S/C63H86N8O17/c1-46-3-10-54-57(39-46)66-45-63(54)15-20-68(43-47(63)2)44-60(72)48-13-18-69(19-14-48)62(74)58-41-50-40-53(9-12-55(50)67-58)88-52-7-4-49(5-8-52)61(73)65-17-22-80-24-26-82-28-30-84-32-34-86-36-38-87-37-35-85-33-31-83-29-27-81-25-23-79-21-16-64-56-11-6-51(70(75)76)42-59(56)71(77)78/h3-12,39-42,47-48,60,64,66-67,72H,13-38,43-45H2,1-2H3,(H,65,73)/t47-,60?,63+/m1/s1. The molecule has 2 saturated heterocycles. The first-order chi connectivity index (χ1) is 42.9. The largest absolute Gasteiger partial charge is 0.457 e. The molecule has 25 nitrogen and oxygen atoms in total. The van der Waals surface area contributed by atoms with Crippen LogP contribution < -0.4 is 20.7 Å². The van der Waals surface area contributed by atoms with Crippen molar-refractivity contribution in [2.24, 2.45) is 11.8 Å². The highest BCUT2D eigenvalue weighted by molar-refractivity contribution is 5.98. The molecule has 1 spiro atoms. The Hall–Kier alpha value is -6.88. The van der Waals surface area contributed by atoms with E-state index in [4.69, 9.17) is 47.4 Å². The van der Waals surface area contributed by atoms with E-state index in [9.17, 15) is 34.9 Å². The van der Waals surface area contributed by atoms with Gasteiger partial charge in [-0.05, 0) is 116 Å². The Bertz CT molecular complexity index is 2980. The molecule has 0 radical (unpaired) electrons. The maximum Gasteiger partial charge on any atom is 0.299 e. The predicted molar refractivity (Wildman–Crippen MR) is 329 cm³/mol. The van der Waals surface area contributed by atoms with Gasteiger partial charge in [-0.3, -0.25) is 29.8 Å². The summed E-state index contributed by atoms with van der Waals surface area (Å²) in [7, 11) is 0. The van der Waals surface area contributed by atoms with E-state index in [1.807, 2.05) is 29.2 Å². The van der Waals surface area contributed by atoms with Crippen LogP contribution in [0.3, 0.4) is 0 Å². The molecule has 0 saturated carbocycles. The zero-order valence-corrected chi connectivity index (χ0v) is 50.6. The van der Waals surface area contributed by atoms with Crippen LogP contribution in [-0.4, -0.2) is 219 Å². The number of nitro benzene ring substituents is 2. The molecule has 1 aromatic heterocycles. The number of carbonyl (C=O) groups excluding carboxylic acids is 2. The number of nitrogens with zero attached hydrogens (tertiary/aromatic N) is 4. The lowest BCUT2D eigenvalue weighted by Gasteiger charge is -2.46. The number of hydrogen-bond acceptors (Lipinski definition) is 20. The van der Waals surface area contributed by atoms with Crippen molar-refractivity contribution in [1.82, 2.24) is 20.1 Å². The molecule has 2 amide bonds. The van der Waals surface area contributed by atoms with E-state index in [0.717, 1.165) is 55.9 Å². The minimum Gasteiger partial charge on any atom is -0.457 e. The second kappa shape index (κ2) is 35.3. The number of amides is 2. The number of aliphatic hydroxyl groups is 1. The fraction of sp³-hybridized carbons (Fsp3) is 0.556. The molecule has 4 aromatic carbocycles. The zero-order chi connectivity index (χ0) is 61.9. The molecule has 5 N–H and O–H groups in total. The number of carbonyl (C=O) groups is 2. The number of likely N-dealkylation sites (tertiary alicyclic amines) is 2. The lowest BCUT2D eigenvalue weighted by atomic mass is 9.67. The van der Waals surface area contributed by atoms with Crippen LogP contribution in [0.25, 0.3) is 10.9 Å². The van der Waals surface area contributed by atoms with E-state index >= 15 is 0 Å². The normalized spacial score (nSPS) is 17.3. The Kier molecular flexibility index (Phi) is 26.9. The summed E-state index contributed by atoms with van der Waals surface area (Å²) in [6.45, 7) is 17.0. The van der Waals surface area contributed by atoms with Crippen LogP contribution >= 0.6 is 0 Å². The summed E-state index contributed by atoms with van der Waals surface area (Å²) in [5, 5.41) is 43.7. The molecule has 480 valence electrons. The Balaban J connectivity index is 0.560. The SMILES string of the molecule is Cc1ccc2c(c1)NC[C@]21CCN(CC(O)C2CCN(C(=O)c3cc4cc(Oc5ccc(C(=O)NCCOCCOCCOCCOCCOCCOCCOCCOCCOCCNc6ccc([N+](=O)[O-])cc6[N+](=O)[O-])cc5)ccc4[nH]3)CC2)C[C@H]1C. The van der Waals surface area contributed by atoms with Crippen molar-refractivity contribution in [2.75, 3.05) is 182 Å². The average Bonchev–Trinajstić information content (AvgIpc) is 2.39. The van der Waals surface area contributed by atoms with Crippen molar-refractivity contribution >= 4 is 45.5 Å². The van der Waals surface area contributed by atoms with Gasteiger partial charge in [-0.25, -0.2) is 0 Å². The van der Waals surface area contributed by atoms with Crippen molar-refractivity contribution in [3.8, 4) is 11.5 Å². The van der Waals surface area contributed by atoms with Crippen molar-refractivity contribution in [2.45, 2.75) is 44.6 Å². The number of H-pyrrole nitrogens is 1. The molecule has 3 aliphatic heterocycles. The highest BCUT2D eigenvalue weighted by Crippen LogP contribution is 2.47. The monoisotopic (exact) mass is 1230 g/mol. The molecular weight excluding hydrogens is 1140 g/mol. The summed E-state index contributed by atoms with van der Waals surface area (Å²) in [6.07, 6.45) is 2.19. The number of fused-ring (bicyclic) bond motifs is 3. The number of anilines is 2. The van der Waals surface area contributed by atoms with Gasteiger partial charge in [-0.1, -0.05) is 19.1 Å². The van der Waals surface area contributed by atoms with E-state index in [1.54, 1.807) is 24.3 Å². The average molecular weight is 1230 g/mol. The minimum atomic E-state index is -0.684. The number of β-amino-alcohol motifs (C(OH)–C–C–N with tert-alkyl or cyclic N) is 1. The topological polar surface area (TPSA) is 291 Å². The minimum absolute atomic E-state index is 0.0466. The summed E-state index contributed by atoms with van der Waals surface area (Å²) < 4.78 is 55.8. The zero-order valence-electron chi connectivity index (χ0n) is 50.6. The molecule has 0 aliphatic carbocycles. The third-order valence-corrected chi connectivity index (χ3v) is 16.1. The highest BCUT2D eigenvalue weighted by Gasteiger charge is 2.46.